The van der Waals surface area contributed by atoms with Crippen molar-refractivity contribution in [3.05, 3.63) is 200 Å². The average Bonchev–Trinajstić information content (AvgIpc) is 3.71. The minimum atomic E-state index is 0.609. The molecule has 6 nitrogen and oxygen atoms in total. The number of hydrogen-bond acceptors (Lipinski definition) is 6. The fraction of sp³-hybridized carbons (Fsp3) is 0. The molecular weight excluding hydrogens is 723 g/mol. The predicted molar refractivity (Wildman–Crippen MR) is 238 cm³/mol. The Morgan fingerprint density at radius 2 is 0.729 bits per heavy atom. The van der Waals surface area contributed by atoms with E-state index >= 15 is 0 Å². The number of benzene rings is 8. The number of fused-ring (bicyclic) bond motifs is 5. The van der Waals surface area contributed by atoms with Gasteiger partial charge in [0.05, 0.1) is 11.4 Å². The molecule has 0 aliphatic carbocycles. The van der Waals surface area contributed by atoms with Gasteiger partial charge in [-0.05, 0) is 52.2 Å². The van der Waals surface area contributed by atoms with Crippen molar-refractivity contribution in [2.24, 2.45) is 0 Å². The Balaban J connectivity index is 1.04. The van der Waals surface area contributed by atoms with E-state index in [9.17, 15) is 0 Å². The Kier molecular flexibility index (Phi) is 8.37. The van der Waals surface area contributed by atoms with Gasteiger partial charge in [0.1, 0.15) is 11.2 Å². The number of aromatic nitrogens is 5. The van der Waals surface area contributed by atoms with Gasteiger partial charge in [0.2, 0.25) is 0 Å². The molecule has 3 heterocycles. The van der Waals surface area contributed by atoms with Crippen molar-refractivity contribution in [2.45, 2.75) is 0 Å². The third-order valence-electron chi connectivity index (χ3n) is 10.7. The molecule has 6 heteroatoms. The van der Waals surface area contributed by atoms with Gasteiger partial charge in [-0.2, -0.15) is 0 Å². The van der Waals surface area contributed by atoms with E-state index < -0.39 is 0 Å². The van der Waals surface area contributed by atoms with E-state index in [2.05, 4.69) is 109 Å². The van der Waals surface area contributed by atoms with E-state index in [1.54, 1.807) is 0 Å². The first-order chi connectivity index (χ1) is 29.2. The summed E-state index contributed by atoms with van der Waals surface area (Å²) < 4.78 is 6.45. The second-order valence-electron chi connectivity index (χ2n) is 14.5. The molecule has 0 radical (unpaired) electrons. The Morgan fingerprint density at radius 1 is 0.271 bits per heavy atom. The average molecular weight is 756 g/mol. The highest BCUT2D eigenvalue weighted by molar-refractivity contribution is 6.21. The van der Waals surface area contributed by atoms with Gasteiger partial charge in [-0.1, -0.05) is 170 Å². The molecule has 3 aromatic heterocycles. The zero-order chi connectivity index (χ0) is 39.1. The van der Waals surface area contributed by atoms with Crippen molar-refractivity contribution in [1.29, 1.82) is 0 Å². The maximum absolute atomic E-state index is 6.45. The molecule has 276 valence electrons. The van der Waals surface area contributed by atoms with Gasteiger partial charge in [0.15, 0.2) is 23.3 Å². The summed E-state index contributed by atoms with van der Waals surface area (Å²) in [5.41, 5.74) is 11.1. The maximum Gasteiger partial charge on any atom is 0.164 e. The summed E-state index contributed by atoms with van der Waals surface area (Å²) in [6.07, 6.45) is 0. The topological polar surface area (TPSA) is 77.6 Å². The van der Waals surface area contributed by atoms with Crippen LogP contribution in [0.4, 0.5) is 0 Å². The molecule has 0 aliphatic heterocycles. The molecule has 0 saturated heterocycles. The van der Waals surface area contributed by atoms with E-state index in [1.165, 1.54) is 0 Å². The summed E-state index contributed by atoms with van der Waals surface area (Å²) in [6.45, 7) is 0. The number of furan rings is 1. The van der Waals surface area contributed by atoms with Crippen molar-refractivity contribution >= 4 is 32.7 Å². The Labute approximate surface area is 340 Å². The first-order valence-electron chi connectivity index (χ1n) is 19.6. The van der Waals surface area contributed by atoms with Crippen LogP contribution in [0.15, 0.2) is 205 Å². The monoisotopic (exact) mass is 755 g/mol. The van der Waals surface area contributed by atoms with Gasteiger partial charge < -0.3 is 4.42 Å². The Bertz CT molecular complexity index is 3270. The quantitative estimate of drug-likeness (QED) is 0.161. The zero-order valence-electron chi connectivity index (χ0n) is 31.7. The van der Waals surface area contributed by atoms with Crippen LogP contribution in [0.5, 0.6) is 0 Å². The molecule has 0 N–H and O–H groups in total. The van der Waals surface area contributed by atoms with Crippen LogP contribution in [0.2, 0.25) is 0 Å². The van der Waals surface area contributed by atoms with Crippen molar-refractivity contribution < 1.29 is 4.42 Å². The van der Waals surface area contributed by atoms with Crippen molar-refractivity contribution in [3.8, 4) is 79.2 Å². The third kappa shape index (κ3) is 6.39. The molecule has 8 aromatic carbocycles. The van der Waals surface area contributed by atoms with Gasteiger partial charge in [0, 0.05) is 44.2 Å². The van der Waals surface area contributed by atoms with Crippen molar-refractivity contribution in [1.82, 2.24) is 24.9 Å². The van der Waals surface area contributed by atoms with Crippen LogP contribution < -0.4 is 0 Å². The molecular formula is C53H33N5O. The van der Waals surface area contributed by atoms with E-state index in [4.69, 9.17) is 29.3 Å². The van der Waals surface area contributed by atoms with Crippen LogP contribution >= 0.6 is 0 Å². The summed E-state index contributed by atoms with van der Waals surface area (Å²) in [6, 6.07) is 68.1. The number of hydrogen-bond donors (Lipinski definition) is 0. The summed E-state index contributed by atoms with van der Waals surface area (Å²) in [5, 5.41) is 4.36. The van der Waals surface area contributed by atoms with Gasteiger partial charge in [0.25, 0.3) is 0 Å². The van der Waals surface area contributed by atoms with E-state index in [0.29, 0.717) is 23.3 Å². The second kappa shape index (κ2) is 14.4. The molecule has 11 rings (SSSR count). The van der Waals surface area contributed by atoms with Crippen LogP contribution in [-0.4, -0.2) is 24.9 Å². The van der Waals surface area contributed by atoms with Crippen LogP contribution in [0.1, 0.15) is 0 Å². The molecule has 11 aromatic rings. The minimum Gasteiger partial charge on any atom is -0.456 e. The lowest BCUT2D eigenvalue weighted by Crippen LogP contribution is -2.00. The molecule has 59 heavy (non-hydrogen) atoms. The predicted octanol–water partition coefficient (Wildman–Crippen LogP) is 13.4. The van der Waals surface area contributed by atoms with Crippen molar-refractivity contribution in [2.75, 3.05) is 0 Å². The van der Waals surface area contributed by atoms with Crippen LogP contribution in [0.3, 0.4) is 0 Å². The summed E-state index contributed by atoms with van der Waals surface area (Å²) in [7, 11) is 0. The maximum atomic E-state index is 6.45. The first-order valence-corrected chi connectivity index (χ1v) is 19.6. The molecule has 0 unspecified atom stereocenters. The lowest BCUT2D eigenvalue weighted by atomic mass is 9.97. The molecule has 0 fully saturated rings. The zero-order valence-corrected chi connectivity index (χ0v) is 31.7. The van der Waals surface area contributed by atoms with Gasteiger partial charge in [-0.25, -0.2) is 24.9 Å². The largest absolute Gasteiger partial charge is 0.456 e. The molecule has 0 spiro atoms. The fourth-order valence-electron chi connectivity index (χ4n) is 7.88. The normalized spacial score (nSPS) is 11.4. The van der Waals surface area contributed by atoms with E-state index in [-0.39, 0.29) is 0 Å². The van der Waals surface area contributed by atoms with E-state index in [1.807, 2.05) is 91.0 Å². The fourth-order valence-corrected chi connectivity index (χ4v) is 7.88. The number of para-hydroxylation sites is 1. The van der Waals surface area contributed by atoms with Gasteiger partial charge in [-0.15, -0.1) is 0 Å². The highest BCUT2D eigenvalue weighted by Crippen LogP contribution is 2.40. The lowest BCUT2D eigenvalue weighted by molar-refractivity contribution is 0.669. The smallest absolute Gasteiger partial charge is 0.164 e. The molecule has 0 atom stereocenters. The third-order valence-corrected chi connectivity index (χ3v) is 10.7. The van der Waals surface area contributed by atoms with Crippen molar-refractivity contribution in [3.63, 3.8) is 0 Å². The van der Waals surface area contributed by atoms with Crippen LogP contribution in [-0.2, 0) is 0 Å². The summed E-state index contributed by atoms with van der Waals surface area (Å²) in [5.74, 6) is 2.49. The standard InChI is InChI=1S/C53H33N5O/c1-4-16-34(17-5-1)45-33-46(55-53(54-45)44-32-48-49(42-27-11-10-26-41(42)44)43-28-12-13-29-47(43)59-48)39-24-14-22-37(30-39)38-23-15-25-40(31-38)52-57-50(35-18-6-2-7-19-35)56-51(58-52)36-20-8-3-9-21-36/h1-33H. The minimum absolute atomic E-state index is 0.609. The SMILES string of the molecule is c1ccc(-c2cc(-c3cccc(-c4cccc(-c5nc(-c6ccccc6)nc(-c6ccccc6)n5)c4)c3)nc(-c3cc4oc5ccccc5c4c4ccccc34)n2)cc1. The summed E-state index contributed by atoms with van der Waals surface area (Å²) >= 11 is 0. The Morgan fingerprint density at radius 3 is 1.37 bits per heavy atom. The highest BCUT2D eigenvalue weighted by Gasteiger charge is 2.19. The molecule has 0 saturated carbocycles. The van der Waals surface area contributed by atoms with Gasteiger partial charge in [-0.3, -0.25) is 0 Å². The van der Waals surface area contributed by atoms with Crippen LogP contribution in [0.25, 0.3) is 112 Å². The number of rotatable bonds is 7. The van der Waals surface area contributed by atoms with Gasteiger partial charge >= 0.3 is 0 Å². The van der Waals surface area contributed by atoms with E-state index in [0.717, 1.165) is 88.6 Å². The molecule has 0 amide bonds. The Hall–Kier alpha value is -8.09. The van der Waals surface area contributed by atoms with Crippen LogP contribution in [0, 0.1) is 0 Å². The molecule has 0 aliphatic rings. The lowest BCUT2D eigenvalue weighted by Gasteiger charge is -2.13. The highest BCUT2D eigenvalue weighted by atomic mass is 16.3. The summed E-state index contributed by atoms with van der Waals surface area (Å²) in [4.78, 5) is 25.4. The second-order valence-corrected chi connectivity index (χ2v) is 14.5. The number of nitrogens with zero attached hydrogens (tertiary/aromatic N) is 5. The first kappa shape index (κ1) is 34.2. The molecule has 0 bridgehead atoms.